The maximum atomic E-state index is 14.4. The van der Waals surface area contributed by atoms with E-state index in [0.717, 1.165) is 12.1 Å². The number of carbonyl (C=O) groups is 1. The predicted octanol–water partition coefficient (Wildman–Crippen LogP) is 4.54. The number of carboxylic acids is 1. The topological polar surface area (TPSA) is 40.5 Å². The van der Waals surface area contributed by atoms with E-state index in [4.69, 9.17) is 5.11 Å². The van der Waals surface area contributed by atoms with Gasteiger partial charge in [0.1, 0.15) is 5.82 Å². The molecule has 0 radical (unpaired) electrons. The first-order valence-electron chi connectivity index (χ1n) is 7.71. The van der Waals surface area contributed by atoms with Gasteiger partial charge in [0.05, 0.1) is 11.1 Å². The molecule has 0 aromatic heterocycles. The molecule has 2 aromatic rings. The molecule has 3 rings (SSSR count). The summed E-state index contributed by atoms with van der Waals surface area (Å²) < 4.78 is 52.2. The first-order chi connectivity index (χ1) is 11.8. The molecule has 3 nitrogen and oxygen atoms in total. The summed E-state index contributed by atoms with van der Waals surface area (Å²) in [6.45, 7) is 0.984. The zero-order valence-corrected chi connectivity index (χ0v) is 13.1. The Morgan fingerprint density at radius 2 is 1.80 bits per heavy atom. The number of aromatic carboxylic acids is 1. The van der Waals surface area contributed by atoms with Crippen molar-refractivity contribution in [3.8, 4) is 0 Å². The second-order valence-electron chi connectivity index (χ2n) is 5.99. The Morgan fingerprint density at radius 1 is 1.12 bits per heavy atom. The number of halogens is 4. The van der Waals surface area contributed by atoms with Crippen LogP contribution in [0.25, 0.3) is 0 Å². The van der Waals surface area contributed by atoms with Crippen molar-refractivity contribution in [1.29, 1.82) is 0 Å². The predicted molar refractivity (Wildman–Crippen MR) is 84.4 cm³/mol. The SMILES string of the molecule is O=C(O)c1cccc(C2CCN(c3ccc(C(F)(F)F)cc3)C2)c1F. The minimum Gasteiger partial charge on any atom is -0.478 e. The van der Waals surface area contributed by atoms with Gasteiger partial charge >= 0.3 is 12.1 Å². The molecule has 0 spiro atoms. The Bertz CT molecular complexity index is 787. The molecule has 1 aliphatic rings. The Balaban J connectivity index is 1.78. The van der Waals surface area contributed by atoms with Crippen LogP contribution in [-0.4, -0.2) is 24.2 Å². The van der Waals surface area contributed by atoms with E-state index in [-0.39, 0.29) is 11.5 Å². The third kappa shape index (κ3) is 3.45. The summed E-state index contributed by atoms with van der Waals surface area (Å²) in [6.07, 6.45) is -3.78. The summed E-state index contributed by atoms with van der Waals surface area (Å²) >= 11 is 0. The summed E-state index contributed by atoms with van der Waals surface area (Å²) in [6, 6.07) is 9.11. The molecule has 1 fully saturated rings. The molecule has 1 saturated heterocycles. The van der Waals surface area contributed by atoms with Crippen LogP contribution in [0.2, 0.25) is 0 Å². The van der Waals surface area contributed by atoms with E-state index in [1.165, 1.54) is 24.3 Å². The van der Waals surface area contributed by atoms with E-state index < -0.39 is 23.5 Å². The highest BCUT2D eigenvalue weighted by Gasteiger charge is 2.31. The van der Waals surface area contributed by atoms with Crippen molar-refractivity contribution in [1.82, 2.24) is 0 Å². The molecule has 1 unspecified atom stereocenters. The highest BCUT2D eigenvalue weighted by atomic mass is 19.4. The van der Waals surface area contributed by atoms with Crippen LogP contribution < -0.4 is 4.90 Å². The lowest BCUT2D eigenvalue weighted by Crippen LogP contribution is -2.19. The number of carboxylic acid groups (broad SMARTS) is 1. The normalized spacial score (nSPS) is 17.8. The summed E-state index contributed by atoms with van der Waals surface area (Å²) in [5.41, 5.74) is -0.128. The van der Waals surface area contributed by atoms with Gasteiger partial charge in [0, 0.05) is 24.7 Å². The fourth-order valence-corrected chi connectivity index (χ4v) is 3.14. The minimum atomic E-state index is -4.38. The smallest absolute Gasteiger partial charge is 0.416 e. The van der Waals surface area contributed by atoms with Crippen LogP contribution in [0.15, 0.2) is 42.5 Å². The average molecular weight is 353 g/mol. The molecule has 25 heavy (non-hydrogen) atoms. The lowest BCUT2D eigenvalue weighted by molar-refractivity contribution is -0.137. The first kappa shape index (κ1) is 17.3. The van der Waals surface area contributed by atoms with Crippen LogP contribution in [0.3, 0.4) is 0 Å². The lowest BCUT2D eigenvalue weighted by atomic mass is 9.96. The molecule has 0 aliphatic carbocycles. The summed E-state index contributed by atoms with van der Waals surface area (Å²) in [5.74, 6) is -2.27. The van der Waals surface area contributed by atoms with Crippen molar-refractivity contribution in [2.45, 2.75) is 18.5 Å². The highest BCUT2D eigenvalue weighted by Crippen LogP contribution is 2.35. The van der Waals surface area contributed by atoms with E-state index >= 15 is 0 Å². The second-order valence-corrected chi connectivity index (χ2v) is 5.99. The van der Waals surface area contributed by atoms with Crippen LogP contribution in [0, 0.1) is 5.82 Å². The fourth-order valence-electron chi connectivity index (χ4n) is 3.14. The largest absolute Gasteiger partial charge is 0.478 e. The van der Waals surface area contributed by atoms with Crippen molar-refractivity contribution in [3.63, 3.8) is 0 Å². The summed E-state index contributed by atoms with van der Waals surface area (Å²) in [7, 11) is 0. The van der Waals surface area contributed by atoms with Crippen molar-refractivity contribution < 1.29 is 27.5 Å². The van der Waals surface area contributed by atoms with E-state index in [9.17, 15) is 22.4 Å². The van der Waals surface area contributed by atoms with E-state index in [1.807, 2.05) is 4.90 Å². The third-order valence-electron chi connectivity index (χ3n) is 4.45. The molecular weight excluding hydrogens is 338 g/mol. The molecule has 1 N–H and O–H groups in total. The van der Waals surface area contributed by atoms with Gasteiger partial charge in [0.2, 0.25) is 0 Å². The summed E-state index contributed by atoms with van der Waals surface area (Å²) in [5, 5.41) is 9.01. The second kappa shape index (κ2) is 6.38. The zero-order chi connectivity index (χ0) is 18.2. The van der Waals surface area contributed by atoms with Crippen LogP contribution in [0.4, 0.5) is 23.2 Å². The number of anilines is 1. The molecule has 0 bridgehead atoms. The quantitative estimate of drug-likeness (QED) is 0.824. The molecule has 0 amide bonds. The van der Waals surface area contributed by atoms with Gasteiger partial charge in [-0.2, -0.15) is 13.2 Å². The third-order valence-corrected chi connectivity index (χ3v) is 4.45. The number of benzene rings is 2. The average Bonchev–Trinajstić information content (AvgIpc) is 3.04. The lowest BCUT2D eigenvalue weighted by Gasteiger charge is -2.20. The minimum absolute atomic E-state index is 0.207. The Labute approximate surface area is 141 Å². The first-order valence-corrected chi connectivity index (χ1v) is 7.71. The van der Waals surface area contributed by atoms with Crippen LogP contribution in [0.5, 0.6) is 0 Å². The maximum Gasteiger partial charge on any atom is 0.416 e. The van der Waals surface area contributed by atoms with Gasteiger partial charge in [-0.05, 0) is 42.3 Å². The molecule has 0 saturated carbocycles. The Morgan fingerprint density at radius 3 is 2.40 bits per heavy atom. The zero-order valence-electron chi connectivity index (χ0n) is 13.1. The van der Waals surface area contributed by atoms with Gasteiger partial charge < -0.3 is 10.0 Å². The van der Waals surface area contributed by atoms with Crippen molar-refractivity contribution in [2.24, 2.45) is 0 Å². The summed E-state index contributed by atoms with van der Waals surface area (Å²) in [4.78, 5) is 12.9. The fraction of sp³-hybridized carbons (Fsp3) is 0.278. The number of hydrogen-bond acceptors (Lipinski definition) is 2. The van der Waals surface area contributed by atoms with E-state index in [2.05, 4.69) is 0 Å². The van der Waals surface area contributed by atoms with Gasteiger partial charge in [0.25, 0.3) is 0 Å². The molecule has 1 atom stereocenters. The van der Waals surface area contributed by atoms with Gasteiger partial charge in [-0.25, -0.2) is 9.18 Å². The van der Waals surface area contributed by atoms with E-state index in [1.54, 1.807) is 6.07 Å². The van der Waals surface area contributed by atoms with Crippen molar-refractivity contribution in [3.05, 3.63) is 65.0 Å². The number of rotatable bonds is 3. The van der Waals surface area contributed by atoms with Crippen LogP contribution in [0.1, 0.15) is 33.8 Å². The molecule has 1 heterocycles. The molecule has 1 aliphatic heterocycles. The highest BCUT2D eigenvalue weighted by molar-refractivity contribution is 5.88. The maximum absolute atomic E-state index is 14.4. The Hall–Kier alpha value is -2.57. The van der Waals surface area contributed by atoms with Crippen molar-refractivity contribution >= 4 is 11.7 Å². The van der Waals surface area contributed by atoms with E-state index in [0.29, 0.717) is 30.8 Å². The van der Waals surface area contributed by atoms with Gasteiger partial charge in [-0.1, -0.05) is 12.1 Å². The molecule has 132 valence electrons. The number of alkyl halides is 3. The van der Waals surface area contributed by atoms with Gasteiger partial charge in [-0.3, -0.25) is 0 Å². The van der Waals surface area contributed by atoms with Crippen LogP contribution >= 0.6 is 0 Å². The van der Waals surface area contributed by atoms with Gasteiger partial charge in [-0.15, -0.1) is 0 Å². The molecule has 7 heteroatoms. The van der Waals surface area contributed by atoms with Gasteiger partial charge in [0.15, 0.2) is 0 Å². The Kier molecular flexibility index (Phi) is 4.41. The number of hydrogen-bond donors (Lipinski definition) is 1. The van der Waals surface area contributed by atoms with Crippen molar-refractivity contribution in [2.75, 3.05) is 18.0 Å². The molecule has 2 aromatic carbocycles. The monoisotopic (exact) mass is 353 g/mol. The number of nitrogens with zero attached hydrogens (tertiary/aromatic N) is 1. The van der Waals surface area contributed by atoms with Crippen LogP contribution in [-0.2, 0) is 6.18 Å². The molecular formula is C18H15F4NO2. The standard InChI is InChI=1S/C18H15F4NO2/c19-16-14(2-1-3-15(16)17(24)25)11-8-9-23(10-11)13-6-4-12(5-7-13)18(20,21)22/h1-7,11H,8-10H2,(H,24,25).